The van der Waals surface area contributed by atoms with E-state index in [1.807, 2.05) is 28.1 Å². The summed E-state index contributed by atoms with van der Waals surface area (Å²) in [6.07, 6.45) is 8.12. The molecule has 0 saturated carbocycles. The molecule has 2 fully saturated rings. The quantitative estimate of drug-likeness (QED) is 0.913. The van der Waals surface area contributed by atoms with E-state index in [0.717, 1.165) is 50.8 Å². The fraction of sp³-hybridized carbons (Fsp3) is 0.611. The van der Waals surface area contributed by atoms with E-state index in [2.05, 4.69) is 10.3 Å². The molecule has 0 atom stereocenters. The van der Waals surface area contributed by atoms with Crippen molar-refractivity contribution in [2.75, 3.05) is 32.7 Å². The number of aromatic nitrogens is 1. The first kappa shape index (κ1) is 16.7. The lowest BCUT2D eigenvalue weighted by atomic mass is 9.96. The van der Waals surface area contributed by atoms with Crippen LogP contribution >= 0.6 is 0 Å². The van der Waals surface area contributed by atoms with Gasteiger partial charge in [-0.25, -0.2) is 4.79 Å². The van der Waals surface area contributed by atoms with E-state index in [-0.39, 0.29) is 17.9 Å². The van der Waals surface area contributed by atoms with Crippen molar-refractivity contribution >= 4 is 11.9 Å². The van der Waals surface area contributed by atoms with Gasteiger partial charge < -0.3 is 15.1 Å². The van der Waals surface area contributed by atoms with Gasteiger partial charge in [-0.2, -0.15) is 0 Å². The number of amides is 3. The summed E-state index contributed by atoms with van der Waals surface area (Å²) in [6.45, 7) is 3.78. The second-order valence-corrected chi connectivity index (χ2v) is 6.64. The highest BCUT2D eigenvalue weighted by Crippen LogP contribution is 2.20. The molecule has 1 aromatic rings. The summed E-state index contributed by atoms with van der Waals surface area (Å²) in [5.41, 5.74) is 1.13. The highest BCUT2D eigenvalue weighted by Gasteiger charge is 2.30. The van der Waals surface area contributed by atoms with Crippen molar-refractivity contribution in [2.45, 2.75) is 32.1 Å². The highest BCUT2D eigenvalue weighted by atomic mass is 16.2. The zero-order valence-electron chi connectivity index (χ0n) is 14.1. The Bertz CT molecular complexity index is 549. The van der Waals surface area contributed by atoms with Crippen LogP contribution in [0.15, 0.2) is 24.5 Å². The molecule has 0 aliphatic carbocycles. The smallest absolute Gasteiger partial charge is 0.319 e. The number of hydrogen-bond donors (Lipinski definition) is 1. The molecule has 3 amide bonds. The van der Waals surface area contributed by atoms with Crippen molar-refractivity contribution in [2.24, 2.45) is 5.92 Å². The molecule has 2 aliphatic heterocycles. The van der Waals surface area contributed by atoms with Gasteiger partial charge in [0.25, 0.3) is 0 Å². The van der Waals surface area contributed by atoms with Gasteiger partial charge in [-0.3, -0.25) is 9.78 Å². The number of carbonyl (C=O) groups excluding carboxylic acids is 2. The Morgan fingerprint density at radius 2 is 1.83 bits per heavy atom. The van der Waals surface area contributed by atoms with E-state index in [9.17, 15) is 9.59 Å². The highest BCUT2D eigenvalue weighted by molar-refractivity contribution is 5.79. The van der Waals surface area contributed by atoms with Crippen molar-refractivity contribution < 1.29 is 9.59 Å². The third kappa shape index (κ3) is 4.24. The summed E-state index contributed by atoms with van der Waals surface area (Å²) in [5, 5.41) is 3.02. The second-order valence-electron chi connectivity index (χ2n) is 6.64. The van der Waals surface area contributed by atoms with Crippen LogP contribution < -0.4 is 5.32 Å². The number of rotatable bonds is 4. The monoisotopic (exact) mass is 330 g/mol. The van der Waals surface area contributed by atoms with E-state index >= 15 is 0 Å². The molecule has 24 heavy (non-hydrogen) atoms. The number of likely N-dealkylation sites (tertiary alicyclic amines) is 2. The lowest BCUT2D eigenvalue weighted by Crippen LogP contribution is -2.47. The largest absolute Gasteiger partial charge is 0.356 e. The number of hydrogen-bond acceptors (Lipinski definition) is 3. The SMILES string of the molecule is O=C(NCCc1cccnc1)C1CCN(C(=O)N2CCCC2)CC1. The van der Waals surface area contributed by atoms with Crippen LogP contribution in [0.25, 0.3) is 0 Å². The average Bonchev–Trinajstić information content (AvgIpc) is 3.17. The van der Waals surface area contributed by atoms with Crippen LogP contribution in [0.2, 0.25) is 0 Å². The lowest BCUT2D eigenvalue weighted by molar-refractivity contribution is -0.126. The van der Waals surface area contributed by atoms with Crippen LogP contribution in [0.4, 0.5) is 4.79 Å². The van der Waals surface area contributed by atoms with Crippen molar-refractivity contribution in [1.82, 2.24) is 20.1 Å². The molecule has 130 valence electrons. The van der Waals surface area contributed by atoms with Crippen molar-refractivity contribution in [3.05, 3.63) is 30.1 Å². The number of piperidine rings is 1. The first-order chi connectivity index (χ1) is 11.7. The third-order valence-electron chi connectivity index (χ3n) is 4.95. The minimum Gasteiger partial charge on any atom is -0.356 e. The molecule has 0 aromatic carbocycles. The van der Waals surface area contributed by atoms with Crippen LogP contribution in [-0.2, 0) is 11.2 Å². The zero-order valence-corrected chi connectivity index (χ0v) is 14.1. The first-order valence-corrected chi connectivity index (χ1v) is 8.94. The Morgan fingerprint density at radius 1 is 1.12 bits per heavy atom. The van der Waals surface area contributed by atoms with Crippen LogP contribution in [0.1, 0.15) is 31.2 Å². The van der Waals surface area contributed by atoms with Crippen LogP contribution in [0.5, 0.6) is 0 Å². The molecule has 3 heterocycles. The fourth-order valence-electron chi connectivity index (χ4n) is 3.46. The van der Waals surface area contributed by atoms with Gasteiger partial charge in [-0.1, -0.05) is 6.07 Å². The van der Waals surface area contributed by atoms with Crippen molar-refractivity contribution in [3.63, 3.8) is 0 Å². The molecule has 0 unspecified atom stereocenters. The molecule has 2 aliphatic rings. The maximum absolute atomic E-state index is 12.4. The third-order valence-corrected chi connectivity index (χ3v) is 4.95. The minimum atomic E-state index is 0.0292. The van der Waals surface area contributed by atoms with Crippen LogP contribution in [0.3, 0.4) is 0 Å². The van der Waals surface area contributed by atoms with Crippen LogP contribution in [-0.4, -0.2) is 59.4 Å². The van der Waals surface area contributed by atoms with Crippen molar-refractivity contribution in [3.8, 4) is 0 Å². The fourth-order valence-corrected chi connectivity index (χ4v) is 3.46. The first-order valence-electron chi connectivity index (χ1n) is 8.94. The maximum Gasteiger partial charge on any atom is 0.319 e. The summed E-state index contributed by atoms with van der Waals surface area (Å²) in [7, 11) is 0. The Hall–Kier alpha value is -2.11. The number of nitrogens with zero attached hydrogens (tertiary/aromatic N) is 3. The molecule has 1 aromatic heterocycles. The maximum atomic E-state index is 12.4. The van der Waals surface area contributed by atoms with E-state index in [1.54, 1.807) is 6.20 Å². The number of urea groups is 1. The summed E-state index contributed by atoms with van der Waals surface area (Å²) in [6, 6.07) is 4.08. The molecular formula is C18H26N4O2. The Labute approximate surface area is 143 Å². The van der Waals surface area contributed by atoms with Gasteiger partial charge in [-0.15, -0.1) is 0 Å². The van der Waals surface area contributed by atoms with E-state index < -0.39 is 0 Å². The number of carbonyl (C=O) groups is 2. The lowest BCUT2D eigenvalue weighted by Gasteiger charge is -2.34. The molecule has 0 radical (unpaired) electrons. The number of nitrogens with one attached hydrogen (secondary N) is 1. The normalized spacial score (nSPS) is 18.7. The van der Waals surface area contributed by atoms with Crippen molar-refractivity contribution in [1.29, 1.82) is 0 Å². The Kier molecular flexibility index (Phi) is 5.67. The molecule has 2 saturated heterocycles. The predicted octanol–water partition coefficient (Wildman–Crippen LogP) is 1.67. The zero-order chi connectivity index (χ0) is 16.8. The predicted molar refractivity (Wildman–Crippen MR) is 91.5 cm³/mol. The molecule has 3 rings (SSSR count). The summed E-state index contributed by atoms with van der Waals surface area (Å²) < 4.78 is 0. The van der Waals surface area contributed by atoms with E-state index in [0.29, 0.717) is 19.6 Å². The van der Waals surface area contributed by atoms with E-state index in [1.165, 1.54) is 0 Å². The Morgan fingerprint density at radius 3 is 2.50 bits per heavy atom. The van der Waals surface area contributed by atoms with Gasteiger partial charge in [0.15, 0.2) is 0 Å². The van der Waals surface area contributed by atoms with Gasteiger partial charge in [0.2, 0.25) is 5.91 Å². The van der Waals surface area contributed by atoms with Gasteiger partial charge in [-0.05, 0) is 43.7 Å². The molecule has 0 bridgehead atoms. The summed E-state index contributed by atoms with van der Waals surface area (Å²) >= 11 is 0. The van der Waals surface area contributed by atoms with Gasteiger partial charge in [0, 0.05) is 51.0 Å². The van der Waals surface area contributed by atoms with Gasteiger partial charge in [0.1, 0.15) is 0 Å². The molecule has 6 nitrogen and oxygen atoms in total. The van der Waals surface area contributed by atoms with Crippen LogP contribution in [0, 0.1) is 5.92 Å². The molecule has 1 N–H and O–H groups in total. The van der Waals surface area contributed by atoms with E-state index in [4.69, 9.17) is 0 Å². The topological polar surface area (TPSA) is 65.5 Å². The second kappa shape index (κ2) is 8.13. The van der Waals surface area contributed by atoms with Gasteiger partial charge >= 0.3 is 6.03 Å². The molecular weight excluding hydrogens is 304 g/mol. The standard InChI is InChI=1S/C18H26N4O2/c23-17(20-9-5-15-4-3-8-19-14-15)16-6-12-22(13-7-16)18(24)21-10-1-2-11-21/h3-4,8,14,16H,1-2,5-7,9-13H2,(H,20,23). The average molecular weight is 330 g/mol. The van der Waals surface area contributed by atoms with Gasteiger partial charge in [0.05, 0.1) is 0 Å². The Balaban J connectivity index is 1.38. The summed E-state index contributed by atoms with van der Waals surface area (Å²) in [5.74, 6) is 0.147. The molecule has 6 heteroatoms. The molecule has 0 spiro atoms. The minimum absolute atomic E-state index is 0.0292. The number of pyridine rings is 1. The summed E-state index contributed by atoms with van der Waals surface area (Å²) in [4.78, 5) is 32.6.